The van der Waals surface area contributed by atoms with E-state index in [4.69, 9.17) is 0 Å². The van der Waals surface area contributed by atoms with Crippen LogP contribution in [0.25, 0.3) is 21.8 Å². The highest BCUT2D eigenvalue weighted by molar-refractivity contribution is 5.88. The van der Waals surface area contributed by atoms with Crippen LogP contribution in [-0.4, -0.2) is 32.5 Å². The van der Waals surface area contributed by atoms with Crippen LogP contribution in [0, 0.1) is 5.92 Å². The number of fused-ring (bicyclic) bond motifs is 2. The van der Waals surface area contributed by atoms with Crippen LogP contribution >= 0.6 is 0 Å². The minimum atomic E-state index is -1.42. The summed E-state index contributed by atoms with van der Waals surface area (Å²) in [6, 6.07) is 11.4. The van der Waals surface area contributed by atoms with Gasteiger partial charge in [-0.2, -0.15) is 0 Å². The molecule has 176 valence electrons. The highest BCUT2D eigenvalue weighted by Crippen LogP contribution is 2.23. The maximum absolute atomic E-state index is 13.5. The second-order valence-corrected chi connectivity index (χ2v) is 8.42. The Morgan fingerprint density at radius 1 is 1.03 bits per heavy atom. The van der Waals surface area contributed by atoms with Gasteiger partial charge in [-0.25, -0.2) is 9.36 Å². The summed E-state index contributed by atoms with van der Waals surface area (Å²) < 4.78 is 0.863. The number of amides is 1. The number of aromatic nitrogens is 3. The lowest BCUT2D eigenvalue weighted by Crippen LogP contribution is -2.54. The Bertz CT molecular complexity index is 1480. The van der Waals surface area contributed by atoms with Gasteiger partial charge in [0.25, 0.3) is 5.56 Å². The van der Waals surface area contributed by atoms with Crippen molar-refractivity contribution in [2.75, 3.05) is 0 Å². The Balaban J connectivity index is 1.84. The first kappa shape index (κ1) is 23.0. The highest BCUT2D eigenvalue weighted by atomic mass is 16.4. The van der Waals surface area contributed by atoms with Crippen LogP contribution in [0.5, 0.6) is 0 Å². The van der Waals surface area contributed by atoms with Crippen molar-refractivity contribution < 1.29 is 14.7 Å². The SMILES string of the molecule is CC[C@@H](C)[C@H](NC(=O)[C@@H](Cc1c[nH]c2ccccc12)n1c(=O)[nH]c2ccccc2c1=O)C(=O)[O-]. The van der Waals surface area contributed by atoms with Gasteiger partial charge in [0.15, 0.2) is 0 Å². The smallest absolute Gasteiger partial charge is 0.329 e. The van der Waals surface area contributed by atoms with Crippen LogP contribution in [0.15, 0.2) is 64.3 Å². The van der Waals surface area contributed by atoms with Crippen LogP contribution in [0.4, 0.5) is 0 Å². The molecular formula is C25H25N4O5-. The van der Waals surface area contributed by atoms with Gasteiger partial charge in [0, 0.05) is 23.5 Å². The fourth-order valence-corrected chi connectivity index (χ4v) is 4.19. The molecule has 4 aromatic rings. The molecule has 0 aliphatic heterocycles. The number of carboxylic acids is 1. The van der Waals surface area contributed by atoms with Gasteiger partial charge in [-0.1, -0.05) is 50.6 Å². The Hall–Kier alpha value is -4.14. The maximum Gasteiger partial charge on any atom is 0.329 e. The molecule has 0 saturated carbocycles. The highest BCUT2D eigenvalue weighted by Gasteiger charge is 2.29. The number of aliphatic carboxylic acids is 1. The first-order valence-electron chi connectivity index (χ1n) is 11.1. The van der Waals surface area contributed by atoms with Crippen molar-refractivity contribution in [2.24, 2.45) is 5.92 Å². The van der Waals surface area contributed by atoms with E-state index in [2.05, 4.69) is 15.3 Å². The number of nitrogens with one attached hydrogen (secondary N) is 3. The number of hydrogen-bond donors (Lipinski definition) is 3. The van der Waals surface area contributed by atoms with E-state index in [1.54, 1.807) is 44.3 Å². The van der Waals surface area contributed by atoms with E-state index in [-0.39, 0.29) is 11.8 Å². The van der Waals surface area contributed by atoms with Crippen LogP contribution in [0.2, 0.25) is 0 Å². The third-order valence-electron chi connectivity index (χ3n) is 6.30. The molecule has 9 nitrogen and oxygen atoms in total. The number of benzene rings is 2. The summed E-state index contributed by atoms with van der Waals surface area (Å²) in [5.41, 5.74) is 0.518. The molecule has 34 heavy (non-hydrogen) atoms. The molecule has 4 rings (SSSR count). The van der Waals surface area contributed by atoms with Crippen LogP contribution in [0.1, 0.15) is 31.9 Å². The second-order valence-electron chi connectivity index (χ2n) is 8.42. The van der Waals surface area contributed by atoms with Crippen molar-refractivity contribution in [1.29, 1.82) is 0 Å². The van der Waals surface area contributed by atoms with Crippen molar-refractivity contribution in [3.8, 4) is 0 Å². The molecule has 0 aliphatic rings. The first-order valence-corrected chi connectivity index (χ1v) is 11.1. The molecule has 2 heterocycles. The van der Waals surface area contributed by atoms with Crippen LogP contribution in [-0.2, 0) is 16.0 Å². The summed E-state index contributed by atoms with van der Waals surface area (Å²) >= 11 is 0. The number of carboxylic acid groups (broad SMARTS) is 1. The molecule has 1 amide bonds. The summed E-state index contributed by atoms with van der Waals surface area (Å²) in [7, 11) is 0. The number of para-hydroxylation sites is 2. The predicted molar refractivity (Wildman–Crippen MR) is 126 cm³/mol. The maximum atomic E-state index is 13.5. The fraction of sp³-hybridized carbons (Fsp3) is 0.280. The largest absolute Gasteiger partial charge is 0.548 e. The number of rotatable bonds is 8. The van der Waals surface area contributed by atoms with Gasteiger partial charge in [0.2, 0.25) is 5.91 Å². The zero-order chi connectivity index (χ0) is 24.4. The van der Waals surface area contributed by atoms with E-state index >= 15 is 0 Å². The van der Waals surface area contributed by atoms with Gasteiger partial charge in [-0.05, 0) is 29.7 Å². The van der Waals surface area contributed by atoms with Gasteiger partial charge in [-0.15, -0.1) is 0 Å². The third kappa shape index (κ3) is 4.24. The van der Waals surface area contributed by atoms with E-state index in [0.717, 1.165) is 15.5 Å². The summed E-state index contributed by atoms with van der Waals surface area (Å²) in [6.07, 6.45) is 2.20. The van der Waals surface area contributed by atoms with E-state index < -0.39 is 41.1 Å². The number of hydrogen-bond acceptors (Lipinski definition) is 5. The predicted octanol–water partition coefficient (Wildman–Crippen LogP) is 1.24. The third-order valence-corrected chi connectivity index (χ3v) is 6.30. The Morgan fingerprint density at radius 3 is 2.35 bits per heavy atom. The average molecular weight is 461 g/mol. The van der Waals surface area contributed by atoms with Gasteiger partial charge in [-0.3, -0.25) is 9.59 Å². The van der Waals surface area contributed by atoms with E-state index in [0.29, 0.717) is 17.5 Å². The van der Waals surface area contributed by atoms with Gasteiger partial charge < -0.3 is 25.2 Å². The Kier molecular flexibility index (Phi) is 6.36. The zero-order valence-electron chi connectivity index (χ0n) is 18.8. The molecule has 3 N–H and O–H groups in total. The lowest BCUT2D eigenvalue weighted by atomic mass is 9.98. The molecule has 2 aromatic carbocycles. The monoisotopic (exact) mass is 461 g/mol. The van der Waals surface area contributed by atoms with E-state index in [9.17, 15) is 24.3 Å². The van der Waals surface area contributed by atoms with Crippen molar-refractivity contribution >= 4 is 33.7 Å². The van der Waals surface area contributed by atoms with Crippen LogP contribution < -0.4 is 21.7 Å². The minimum absolute atomic E-state index is 0.00253. The summed E-state index contributed by atoms with van der Waals surface area (Å²) in [6.45, 7) is 3.49. The van der Waals surface area contributed by atoms with Crippen LogP contribution in [0.3, 0.4) is 0 Å². The Morgan fingerprint density at radius 2 is 1.68 bits per heavy atom. The lowest BCUT2D eigenvalue weighted by molar-refractivity contribution is -0.309. The summed E-state index contributed by atoms with van der Waals surface area (Å²) in [5, 5.41) is 15.3. The average Bonchev–Trinajstić information content (AvgIpc) is 3.24. The Labute approximate surface area is 194 Å². The van der Waals surface area contributed by atoms with Crippen molar-refractivity contribution in [1.82, 2.24) is 19.9 Å². The normalized spacial score (nSPS) is 14.1. The number of carbonyl (C=O) groups is 2. The molecule has 0 bridgehead atoms. The number of aromatic amines is 2. The number of H-pyrrole nitrogens is 2. The number of nitrogens with zero attached hydrogens (tertiary/aromatic N) is 1. The van der Waals surface area contributed by atoms with Gasteiger partial charge in [0.05, 0.1) is 22.9 Å². The quantitative estimate of drug-likeness (QED) is 0.362. The lowest BCUT2D eigenvalue weighted by Gasteiger charge is -2.28. The van der Waals surface area contributed by atoms with Gasteiger partial charge >= 0.3 is 5.69 Å². The standard InChI is InChI=1S/C25H26N4O5/c1-3-14(2)21(24(32)33)28-22(30)20(12-15-13-26-18-10-6-4-8-16(15)18)29-23(31)17-9-5-7-11-19(17)27-25(29)34/h4-11,13-14,20-21,26H,3,12H2,1-2H3,(H,27,34)(H,28,30)(H,32,33)/p-1/t14-,20-,21+/m1/s1. The molecule has 0 fully saturated rings. The molecular weight excluding hydrogens is 436 g/mol. The van der Waals surface area contributed by atoms with Crippen molar-refractivity contribution in [2.45, 2.75) is 38.8 Å². The minimum Gasteiger partial charge on any atom is -0.548 e. The molecule has 9 heteroatoms. The molecule has 0 aliphatic carbocycles. The van der Waals surface area contributed by atoms with Crippen molar-refractivity contribution in [3.63, 3.8) is 0 Å². The molecule has 3 atom stereocenters. The molecule has 2 aromatic heterocycles. The topological polar surface area (TPSA) is 140 Å². The first-order chi connectivity index (χ1) is 16.3. The second kappa shape index (κ2) is 9.38. The van der Waals surface area contributed by atoms with Crippen molar-refractivity contribution in [3.05, 3.63) is 81.1 Å². The molecule has 0 saturated heterocycles. The fourth-order valence-electron chi connectivity index (χ4n) is 4.19. The zero-order valence-corrected chi connectivity index (χ0v) is 18.8. The number of carbonyl (C=O) groups excluding carboxylic acids is 2. The molecule has 0 unspecified atom stereocenters. The summed E-state index contributed by atoms with van der Waals surface area (Å²) in [4.78, 5) is 57.3. The molecule has 0 spiro atoms. The van der Waals surface area contributed by atoms with E-state index in [1.165, 1.54) is 0 Å². The molecule has 0 radical (unpaired) electrons. The summed E-state index contributed by atoms with van der Waals surface area (Å²) in [5.74, 6) is -2.58. The van der Waals surface area contributed by atoms with E-state index in [1.807, 2.05) is 24.3 Å². The van der Waals surface area contributed by atoms with Gasteiger partial charge in [0.1, 0.15) is 6.04 Å².